The fourth-order valence-corrected chi connectivity index (χ4v) is 7.16. The Hall–Kier alpha value is -3.08. The van der Waals surface area contributed by atoms with E-state index in [9.17, 15) is 22.8 Å². The van der Waals surface area contributed by atoms with Crippen LogP contribution in [0, 0.1) is 0 Å². The van der Waals surface area contributed by atoms with Gasteiger partial charge in [-0.2, -0.15) is 18.3 Å². The fraction of sp³-hybridized carbons (Fsp3) is 0.645. The zero-order chi connectivity index (χ0) is 29.4. The Bertz CT molecular complexity index is 1280. The number of urea groups is 1. The highest BCUT2D eigenvalue weighted by molar-refractivity contribution is 5.96. The number of piperidine rings is 2. The van der Waals surface area contributed by atoms with Crippen molar-refractivity contribution in [3.05, 3.63) is 52.8 Å². The van der Waals surface area contributed by atoms with E-state index in [0.717, 1.165) is 63.4 Å². The third-order valence-corrected chi connectivity index (χ3v) is 9.44. The molecule has 3 saturated heterocycles. The van der Waals surface area contributed by atoms with Crippen LogP contribution >= 0.6 is 0 Å². The molecule has 11 heteroatoms. The molecule has 6 rings (SSSR count). The Morgan fingerprint density at radius 2 is 1.64 bits per heavy atom. The van der Waals surface area contributed by atoms with Gasteiger partial charge in [0.2, 0.25) is 0 Å². The molecule has 1 unspecified atom stereocenters. The van der Waals surface area contributed by atoms with Gasteiger partial charge in [-0.25, -0.2) is 9.80 Å². The van der Waals surface area contributed by atoms with Crippen molar-refractivity contribution in [1.82, 2.24) is 29.6 Å². The lowest BCUT2D eigenvalue weighted by atomic mass is 9.97. The molecular formula is C31H41F3N6O2. The molecule has 1 aromatic heterocycles. The summed E-state index contributed by atoms with van der Waals surface area (Å²) in [5.41, 5.74) is 0.938. The summed E-state index contributed by atoms with van der Waals surface area (Å²) in [6, 6.07) is 5.16. The second-order valence-electron chi connectivity index (χ2n) is 12.1. The summed E-state index contributed by atoms with van der Waals surface area (Å²) in [5, 5.41) is 8.79. The summed E-state index contributed by atoms with van der Waals surface area (Å²) in [6.45, 7) is 6.20. The topological polar surface area (TPSA) is 64.9 Å². The number of nitrogens with zero attached hydrogens (tertiary/aromatic N) is 6. The molecule has 4 aliphatic rings. The quantitative estimate of drug-likeness (QED) is 0.402. The van der Waals surface area contributed by atoms with E-state index in [1.807, 2.05) is 21.5 Å². The van der Waals surface area contributed by atoms with Crippen LogP contribution in [0.15, 0.2) is 30.5 Å². The van der Waals surface area contributed by atoms with Crippen LogP contribution in [-0.2, 0) is 6.18 Å². The lowest BCUT2D eigenvalue weighted by Gasteiger charge is -2.41. The first-order valence-electron chi connectivity index (χ1n) is 15.6. The monoisotopic (exact) mass is 586 g/mol. The minimum absolute atomic E-state index is 0.0656. The number of carbonyl (C=O) groups is 2. The van der Waals surface area contributed by atoms with Crippen LogP contribution in [-0.4, -0.2) is 80.8 Å². The number of hydrazine groups is 1. The summed E-state index contributed by atoms with van der Waals surface area (Å²) >= 11 is 0. The number of alkyl halides is 3. The van der Waals surface area contributed by atoms with E-state index in [1.165, 1.54) is 18.6 Å². The highest BCUT2D eigenvalue weighted by atomic mass is 19.4. The average molecular weight is 587 g/mol. The molecule has 0 bridgehead atoms. The van der Waals surface area contributed by atoms with Crippen LogP contribution in [0.2, 0.25) is 0 Å². The van der Waals surface area contributed by atoms with Gasteiger partial charge in [0.05, 0.1) is 35.1 Å². The number of aromatic nitrogens is 2. The van der Waals surface area contributed by atoms with Crippen LogP contribution in [0.5, 0.6) is 0 Å². The Labute approximate surface area is 245 Å². The Kier molecular flexibility index (Phi) is 8.22. The molecule has 42 heavy (non-hydrogen) atoms. The normalized spacial score (nSPS) is 22.5. The lowest BCUT2D eigenvalue weighted by molar-refractivity contribution is -0.138. The van der Waals surface area contributed by atoms with Gasteiger partial charge in [-0.1, -0.05) is 24.6 Å². The number of benzene rings is 1. The molecule has 8 nitrogen and oxygen atoms in total. The maximum atomic E-state index is 14.0. The van der Waals surface area contributed by atoms with Crippen molar-refractivity contribution in [2.45, 2.75) is 88.9 Å². The minimum atomic E-state index is -4.48. The van der Waals surface area contributed by atoms with Crippen LogP contribution in [0.1, 0.15) is 110 Å². The summed E-state index contributed by atoms with van der Waals surface area (Å²) in [4.78, 5) is 30.9. The summed E-state index contributed by atoms with van der Waals surface area (Å²) in [5.74, 6) is 0.0136. The second-order valence-corrected chi connectivity index (χ2v) is 12.1. The van der Waals surface area contributed by atoms with Gasteiger partial charge in [0.15, 0.2) is 0 Å². The smallest absolute Gasteiger partial charge is 0.331 e. The summed E-state index contributed by atoms with van der Waals surface area (Å²) < 4.78 is 43.5. The molecule has 1 aromatic carbocycles. The van der Waals surface area contributed by atoms with Gasteiger partial charge in [0.1, 0.15) is 0 Å². The Morgan fingerprint density at radius 1 is 0.929 bits per heavy atom. The molecule has 0 radical (unpaired) electrons. The SMILES string of the molecule is CCN(C(=O)N1CCC(n2ncc(C(=O)N3CCCC3c3ccccc3C(F)(F)F)c2C2CC2)CC1)N1CCCCC1. The van der Waals surface area contributed by atoms with Gasteiger partial charge in [-0.15, -0.1) is 0 Å². The van der Waals surface area contributed by atoms with E-state index in [4.69, 9.17) is 5.10 Å². The molecule has 3 aliphatic heterocycles. The van der Waals surface area contributed by atoms with Crippen LogP contribution in [0.3, 0.4) is 0 Å². The van der Waals surface area contributed by atoms with Crippen molar-refractivity contribution in [3.8, 4) is 0 Å². The molecule has 4 heterocycles. The molecule has 4 fully saturated rings. The minimum Gasteiger partial charge on any atom is -0.331 e. The number of carbonyl (C=O) groups excluding carboxylic acids is 2. The van der Waals surface area contributed by atoms with Gasteiger partial charge in [-0.3, -0.25) is 14.5 Å². The molecule has 2 aromatic rings. The van der Waals surface area contributed by atoms with E-state index >= 15 is 0 Å². The Morgan fingerprint density at radius 3 is 2.31 bits per heavy atom. The molecule has 1 aliphatic carbocycles. The molecule has 228 valence electrons. The molecular weight excluding hydrogens is 545 g/mol. The van der Waals surface area contributed by atoms with E-state index in [0.29, 0.717) is 44.6 Å². The van der Waals surface area contributed by atoms with Gasteiger partial charge in [0, 0.05) is 45.2 Å². The molecule has 0 N–H and O–H groups in total. The third kappa shape index (κ3) is 5.64. The van der Waals surface area contributed by atoms with Crippen molar-refractivity contribution < 1.29 is 22.8 Å². The largest absolute Gasteiger partial charge is 0.416 e. The van der Waals surface area contributed by atoms with Crippen LogP contribution in [0.25, 0.3) is 0 Å². The number of halogens is 3. The summed E-state index contributed by atoms with van der Waals surface area (Å²) in [6.07, 6.45) is 5.22. The zero-order valence-corrected chi connectivity index (χ0v) is 24.4. The standard InChI is InChI=1S/C31H41F3N6O2/c1-2-39(37-16-6-3-7-17-37)30(42)36-19-14-23(15-20-36)40-28(22-12-13-22)25(21-35-40)29(41)38-18-8-11-27(38)24-9-4-5-10-26(24)31(32,33)34/h4-5,9-10,21-23,27H,2-3,6-8,11-20H2,1H3. The second kappa shape index (κ2) is 11.9. The highest BCUT2D eigenvalue weighted by Crippen LogP contribution is 2.45. The van der Waals surface area contributed by atoms with E-state index in [-0.39, 0.29) is 29.5 Å². The van der Waals surface area contributed by atoms with E-state index in [2.05, 4.69) is 5.01 Å². The van der Waals surface area contributed by atoms with Crippen molar-refractivity contribution in [3.63, 3.8) is 0 Å². The van der Waals surface area contributed by atoms with E-state index in [1.54, 1.807) is 17.2 Å². The highest BCUT2D eigenvalue weighted by Gasteiger charge is 2.42. The van der Waals surface area contributed by atoms with Gasteiger partial charge in [-0.05, 0) is 69.9 Å². The number of likely N-dealkylation sites (tertiary alicyclic amines) is 2. The summed E-state index contributed by atoms with van der Waals surface area (Å²) in [7, 11) is 0. The average Bonchev–Trinajstić information content (AvgIpc) is 3.55. The number of hydrogen-bond donors (Lipinski definition) is 0. The van der Waals surface area contributed by atoms with E-state index < -0.39 is 17.8 Å². The van der Waals surface area contributed by atoms with Gasteiger partial charge in [0.25, 0.3) is 5.91 Å². The molecule has 1 saturated carbocycles. The first-order chi connectivity index (χ1) is 20.3. The van der Waals surface area contributed by atoms with Gasteiger partial charge >= 0.3 is 12.2 Å². The number of amides is 3. The van der Waals surface area contributed by atoms with Crippen LogP contribution in [0.4, 0.5) is 18.0 Å². The number of rotatable bonds is 6. The fourth-order valence-electron chi connectivity index (χ4n) is 7.16. The lowest BCUT2D eigenvalue weighted by Crippen LogP contribution is -2.55. The predicted octanol–water partition coefficient (Wildman–Crippen LogP) is 6.24. The number of hydrogen-bond acceptors (Lipinski definition) is 4. The first-order valence-corrected chi connectivity index (χ1v) is 15.6. The van der Waals surface area contributed by atoms with Crippen molar-refractivity contribution >= 4 is 11.9 Å². The van der Waals surface area contributed by atoms with Crippen molar-refractivity contribution in [2.24, 2.45) is 0 Å². The van der Waals surface area contributed by atoms with Crippen molar-refractivity contribution in [1.29, 1.82) is 0 Å². The maximum absolute atomic E-state index is 14.0. The van der Waals surface area contributed by atoms with Crippen LogP contribution < -0.4 is 0 Å². The molecule has 0 spiro atoms. The first kappa shape index (κ1) is 29.0. The van der Waals surface area contributed by atoms with Gasteiger partial charge < -0.3 is 9.80 Å². The zero-order valence-electron chi connectivity index (χ0n) is 24.4. The molecule has 1 atom stereocenters. The molecule has 3 amide bonds. The van der Waals surface area contributed by atoms with Crippen molar-refractivity contribution in [2.75, 3.05) is 39.3 Å². The maximum Gasteiger partial charge on any atom is 0.416 e. The third-order valence-electron chi connectivity index (χ3n) is 9.44. The Balaban J connectivity index is 1.18. The predicted molar refractivity (Wildman–Crippen MR) is 152 cm³/mol.